The SMILES string of the molecule is CCC1COC(C)CN1c1nc2ccccc2cc1CN. The molecule has 1 saturated heterocycles. The van der Waals surface area contributed by atoms with Crippen LogP contribution in [0.5, 0.6) is 0 Å². The molecule has 2 heterocycles. The molecule has 0 amide bonds. The van der Waals surface area contributed by atoms with Crippen LogP contribution in [0.15, 0.2) is 30.3 Å². The van der Waals surface area contributed by atoms with Gasteiger partial charge in [0.05, 0.1) is 24.3 Å². The van der Waals surface area contributed by atoms with E-state index in [1.807, 2.05) is 12.1 Å². The van der Waals surface area contributed by atoms with E-state index in [1.165, 1.54) is 0 Å². The zero-order chi connectivity index (χ0) is 14.8. The van der Waals surface area contributed by atoms with Crippen molar-refractivity contribution in [3.8, 4) is 0 Å². The zero-order valence-electron chi connectivity index (χ0n) is 12.7. The molecule has 1 aliphatic heterocycles. The maximum Gasteiger partial charge on any atom is 0.134 e. The van der Waals surface area contributed by atoms with Crippen LogP contribution in [0.3, 0.4) is 0 Å². The summed E-state index contributed by atoms with van der Waals surface area (Å²) in [4.78, 5) is 7.27. The molecule has 0 saturated carbocycles. The van der Waals surface area contributed by atoms with Crippen molar-refractivity contribution >= 4 is 16.7 Å². The maximum absolute atomic E-state index is 5.97. The summed E-state index contributed by atoms with van der Waals surface area (Å²) in [5, 5.41) is 1.15. The van der Waals surface area contributed by atoms with Gasteiger partial charge in [-0.15, -0.1) is 0 Å². The van der Waals surface area contributed by atoms with Gasteiger partial charge in [-0.1, -0.05) is 25.1 Å². The molecule has 0 bridgehead atoms. The lowest BCUT2D eigenvalue weighted by Gasteiger charge is -2.40. The molecule has 0 aliphatic carbocycles. The Hall–Kier alpha value is -1.65. The molecule has 1 aromatic carbocycles. The first kappa shape index (κ1) is 14.3. The van der Waals surface area contributed by atoms with Gasteiger partial charge in [0, 0.05) is 24.0 Å². The van der Waals surface area contributed by atoms with Crippen LogP contribution >= 0.6 is 0 Å². The zero-order valence-corrected chi connectivity index (χ0v) is 12.7. The lowest BCUT2D eigenvalue weighted by molar-refractivity contribution is 0.0296. The van der Waals surface area contributed by atoms with Crippen LogP contribution in [0.1, 0.15) is 25.8 Å². The standard InChI is InChI=1S/C17H23N3O/c1-3-15-11-21-12(2)10-20(15)17-14(9-18)8-13-6-4-5-7-16(13)19-17/h4-8,12,15H,3,9-11,18H2,1-2H3. The number of nitrogens with two attached hydrogens (primary N) is 1. The number of aromatic nitrogens is 1. The van der Waals surface area contributed by atoms with Gasteiger partial charge >= 0.3 is 0 Å². The Morgan fingerprint density at radius 2 is 2.19 bits per heavy atom. The highest BCUT2D eigenvalue weighted by Crippen LogP contribution is 2.28. The van der Waals surface area contributed by atoms with E-state index >= 15 is 0 Å². The van der Waals surface area contributed by atoms with Gasteiger partial charge in [0.1, 0.15) is 5.82 Å². The highest BCUT2D eigenvalue weighted by atomic mass is 16.5. The predicted octanol–water partition coefficient (Wildman–Crippen LogP) is 2.70. The number of anilines is 1. The van der Waals surface area contributed by atoms with Crippen LogP contribution in [0.4, 0.5) is 5.82 Å². The van der Waals surface area contributed by atoms with Gasteiger partial charge < -0.3 is 15.4 Å². The Morgan fingerprint density at radius 3 is 2.95 bits per heavy atom. The molecule has 21 heavy (non-hydrogen) atoms. The van der Waals surface area contributed by atoms with E-state index in [4.69, 9.17) is 15.5 Å². The number of hydrogen-bond acceptors (Lipinski definition) is 4. The fraction of sp³-hybridized carbons (Fsp3) is 0.471. The number of fused-ring (bicyclic) bond motifs is 1. The van der Waals surface area contributed by atoms with Crippen molar-refractivity contribution < 1.29 is 4.74 Å². The number of benzene rings is 1. The van der Waals surface area contributed by atoms with Crippen LogP contribution in [-0.4, -0.2) is 30.3 Å². The molecule has 112 valence electrons. The van der Waals surface area contributed by atoms with Gasteiger partial charge in [0.25, 0.3) is 0 Å². The molecule has 3 rings (SSSR count). The first-order chi connectivity index (χ1) is 10.2. The second kappa shape index (κ2) is 6.00. The number of pyridine rings is 1. The fourth-order valence-corrected chi connectivity index (χ4v) is 2.99. The Labute approximate surface area is 125 Å². The number of ether oxygens (including phenoxy) is 1. The van der Waals surface area contributed by atoms with E-state index in [9.17, 15) is 0 Å². The van der Waals surface area contributed by atoms with Crippen LogP contribution in [0.2, 0.25) is 0 Å². The summed E-state index contributed by atoms with van der Waals surface area (Å²) in [6, 6.07) is 10.8. The summed E-state index contributed by atoms with van der Waals surface area (Å²) >= 11 is 0. The largest absolute Gasteiger partial charge is 0.375 e. The smallest absolute Gasteiger partial charge is 0.134 e. The topological polar surface area (TPSA) is 51.4 Å². The molecule has 1 aliphatic rings. The van der Waals surface area contributed by atoms with Gasteiger partial charge in [0.2, 0.25) is 0 Å². The molecule has 1 aromatic heterocycles. The third-order valence-corrected chi connectivity index (χ3v) is 4.21. The van der Waals surface area contributed by atoms with Crippen molar-refractivity contribution in [3.05, 3.63) is 35.9 Å². The van der Waals surface area contributed by atoms with Gasteiger partial charge in [-0.2, -0.15) is 0 Å². The minimum atomic E-state index is 0.228. The first-order valence-electron chi connectivity index (χ1n) is 7.70. The average Bonchev–Trinajstić information content (AvgIpc) is 2.53. The lowest BCUT2D eigenvalue weighted by Crippen LogP contribution is -2.49. The molecular weight excluding hydrogens is 262 g/mol. The normalized spacial score (nSPS) is 22.7. The van der Waals surface area contributed by atoms with E-state index in [2.05, 4.69) is 36.9 Å². The summed E-state index contributed by atoms with van der Waals surface area (Å²) in [7, 11) is 0. The minimum Gasteiger partial charge on any atom is -0.375 e. The highest BCUT2D eigenvalue weighted by molar-refractivity contribution is 5.82. The van der Waals surface area contributed by atoms with Crippen LogP contribution in [-0.2, 0) is 11.3 Å². The molecule has 4 nitrogen and oxygen atoms in total. The Bertz CT molecular complexity index is 628. The van der Waals surface area contributed by atoms with Gasteiger partial charge in [-0.25, -0.2) is 4.98 Å². The molecule has 2 aromatic rings. The van der Waals surface area contributed by atoms with E-state index in [1.54, 1.807) is 0 Å². The number of rotatable bonds is 3. The predicted molar refractivity (Wildman–Crippen MR) is 86.5 cm³/mol. The van der Waals surface area contributed by atoms with Crippen molar-refractivity contribution in [2.24, 2.45) is 5.73 Å². The van der Waals surface area contributed by atoms with Gasteiger partial charge in [0.15, 0.2) is 0 Å². The lowest BCUT2D eigenvalue weighted by atomic mass is 10.1. The summed E-state index contributed by atoms with van der Waals surface area (Å²) in [6.45, 7) is 6.45. The van der Waals surface area contributed by atoms with Crippen LogP contribution in [0.25, 0.3) is 10.9 Å². The third kappa shape index (κ3) is 2.74. The van der Waals surface area contributed by atoms with E-state index in [0.717, 1.165) is 41.9 Å². The number of hydrogen-bond donors (Lipinski definition) is 1. The van der Waals surface area contributed by atoms with E-state index < -0.39 is 0 Å². The molecule has 0 spiro atoms. The minimum absolute atomic E-state index is 0.228. The summed E-state index contributed by atoms with van der Waals surface area (Å²) in [5.74, 6) is 1.03. The quantitative estimate of drug-likeness (QED) is 0.942. The van der Waals surface area contributed by atoms with Crippen LogP contribution < -0.4 is 10.6 Å². The third-order valence-electron chi connectivity index (χ3n) is 4.21. The summed E-state index contributed by atoms with van der Waals surface area (Å²) < 4.78 is 5.79. The molecular formula is C17H23N3O. The molecule has 1 fully saturated rings. The van der Waals surface area contributed by atoms with Crippen molar-refractivity contribution in [1.29, 1.82) is 0 Å². The molecule has 2 atom stereocenters. The summed E-state index contributed by atoms with van der Waals surface area (Å²) in [6.07, 6.45) is 1.28. The molecule has 2 N–H and O–H groups in total. The van der Waals surface area contributed by atoms with Crippen molar-refractivity contribution in [1.82, 2.24) is 4.98 Å². The monoisotopic (exact) mass is 285 g/mol. The van der Waals surface area contributed by atoms with Gasteiger partial charge in [-0.05, 0) is 25.5 Å². The van der Waals surface area contributed by atoms with E-state index in [0.29, 0.717) is 12.6 Å². The van der Waals surface area contributed by atoms with Crippen LogP contribution in [0, 0.1) is 0 Å². The van der Waals surface area contributed by atoms with Crippen molar-refractivity contribution in [2.45, 2.75) is 39.0 Å². The van der Waals surface area contributed by atoms with Crippen molar-refractivity contribution in [3.63, 3.8) is 0 Å². The Balaban J connectivity index is 2.08. The second-order valence-electron chi connectivity index (χ2n) is 5.73. The molecule has 4 heteroatoms. The average molecular weight is 285 g/mol. The molecule has 2 unspecified atom stereocenters. The number of para-hydroxylation sites is 1. The molecule has 0 radical (unpaired) electrons. The summed E-state index contributed by atoms with van der Waals surface area (Å²) in [5.41, 5.74) is 8.11. The van der Waals surface area contributed by atoms with Crippen molar-refractivity contribution in [2.75, 3.05) is 18.1 Å². The maximum atomic E-state index is 5.97. The number of morpholine rings is 1. The number of nitrogens with zero attached hydrogens (tertiary/aromatic N) is 2. The first-order valence-corrected chi connectivity index (χ1v) is 7.70. The van der Waals surface area contributed by atoms with Gasteiger partial charge in [-0.3, -0.25) is 0 Å². The second-order valence-corrected chi connectivity index (χ2v) is 5.73. The fourth-order valence-electron chi connectivity index (χ4n) is 2.99. The highest BCUT2D eigenvalue weighted by Gasteiger charge is 2.28. The Morgan fingerprint density at radius 1 is 1.38 bits per heavy atom. The Kier molecular flexibility index (Phi) is 4.08. The van der Waals surface area contributed by atoms with E-state index in [-0.39, 0.29) is 6.10 Å².